The van der Waals surface area contributed by atoms with Gasteiger partial charge >= 0.3 is 0 Å². The lowest BCUT2D eigenvalue weighted by molar-refractivity contribution is -0.122. The normalized spacial score (nSPS) is 19.9. The van der Waals surface area contributed by atoms with Crippen molar-refractivity contribution in [3.63, 3.8) is 0 Å². The summed E-state index contributed by atoms with van der Waals surface area (Å²) in [5, 5.41) is 0. The van der Waals surface area contributed by atoms with E-state index < -0.39 is 0 Å². The summed E-state index contributed by atoms with van der Waals surface area (Å²) < 4.78 is 0. The van der Waals surface area contributed by atoms with Crippen LogP contribution in [0.2, 0.25) is 0 Å². The standard InChI is InChI=1S/C14H18N2OS/c15-11-5-6-13-12(9-11)16(7-8-18-13)14(17)10-3-1-2-4-10/h5-6,9-10H,1-4,7-8,15H2. The number of hydrogen-bond acceptors (Lipinski definition) is 3. The molecule has 1 fully saturated rings. The maximum Gasteiger partial charge on any atom is 0.230 e. The van der Waals surface area contributed by atoms with Gasteiger partial charge < -0.3 is 10.6 Å². The fourth-order valence-corrected chi connectivity index (χ4v) is 3.83. The number of nitrogens with zero attached hydrogens (tertiary/aromatic N) is 1. The molecule has 4 heteroatoms. The SMILES string of the molecule is Nc1ccc2c(c1)N(C(=O)C1CCCC1)CCS2. The molecule has 3 rings (SSSR count). The number of nitrogen functional groups attached to an aromatic ring is 1. The van der Waals surface area contributed by atoms with E-state index in [1.807, 2.05) is 34.9 Å². The van der Waals surface area contributed by atoms with Gasteiger partial charge in [0.15, 0.2) is 0 Å². The highest BCUT2D eigenvalue weighted by Crippen LogP contribution is 2.38. The van der Waals surface area contributed by atoms with Gasteiger partial charge in [0, 0.05) is 28.8 Å². The second-order valence-corrected chi connectivity index (χ2v) is 6.18. The van der Waals surface area contributed by atoms with Crippen LogP contribution in [0.1, 0.15) is 25.7 Å². The maximum atomic E-state index is 12.6. The van der Waals surface area contributed by atoms with E-state index in [9.17, 15) is 4.79 Å². The van der Waals surface area contributed by atoms with Crippen LogP contribution in [0.3, 0.4) is 0 Å². The third kappa shape index (κ3) is 2.09. The third-order valence-electron chi connectivity index (χ3n) is 3.82. The summed E-state index contributed by atoms with van der Waals surface area (Å²) in [4.78, 5) is 15.7. The molecule has 3 nitrogen and oxygen atoms in total. The number of anilines is 2. The zero-order chi connectivity index (χ0) is 12.5. The zero-order valence-corrected chi connectivity index (χ0v) is 11.2. The number of amides is 1. The summed E-state index contributed by atoms with van der Waals surface area (Å²) in [6.07, 6.45) is 4.51. The van der Waals surface area contributed by atoms with Gasteiger partial charge in [0.25, 0.3) is 0 Å². The second-order valence-electron chi connectivity index (χ2n) is 5.05. The number of nitrogens with two attached hydrogens (primary N) is 1. The summed E-state index contributed by atoms with van der Waals surface area (Å²) in [6.45, 7) is 0.816. The van der Waals surface area contributed by atoms with E-state index in [1.165, 1.54) is 17.7 Å². The summed E-state index contributed by atoms with van der Waals surface area (Å²) in [5.41, 5.74) is 7.60. The van der Waals surface area contributed by atoms with Gasteiger partial charge in [0.2, 0.25) is 5.91 Å². The Morgan fingerprint density at radius 1 is 1.33 bits per heavy atom. The molecule has 1 aromatic rings. The van der Waals surface area contributed by atoms with Gasteiger partial charge in [-0.15, -0.1) is 11.8 Å². The van der Waals surface area contributed by atoms with Gasteiger partial charge in [-0.25, -0.2) is 0 Å². The molecule has 2 N–H and O–H groups in total. The van der Waals surface area contributed by atoms with Crippen LogP contribution in [0.5, 0.6) is 0 Å². The van der Waals surface area contributed by atoms with Crippen molar-refractivity contribution in [2.24, 2.45) is 5.92 Å². The number of thioether (sulfide) groups is 1. The van der Waals surface area contributed by atoms with Crippen LogP contribution < -0.4 is 10.6 Å². The third-order valence-corrected chi connectivity index (χ3v) is 4.86. The molecule has 1 aliphatic carbocycles. The maximum absolute atomic E-state index is 12.6. The number of benzene rings is 1. The fraction of sp³-hybridized carbons (Fsp3) is 0.500. The van der Waals surface area contributed by atoms with E-state index >= 15 is 0 Å². The van der Waals surface area contributed by atoms with Gasteiger partial charge in [-0.2, -0.15) is 0 Å². The molecule has 0 saturated heterocycles. The number of carbonyl (C=O) groups excluding carboxylic acids is 1. The van der Waals surface area contributed by atoms with E-state index in [0.29, 0.717) is 5.91 Å². The molecular weight excluding hydrogens is 244 g/mol. The first-order valence-corrected chi connectivity index (χ1v) is 7.58. The number of fused-ring (bicyclic) bond motifs is 1. The first-order valence-electron chi connectivity index (χ1n) is 6.59. The molecule has 96 valence electrons. The number of rotatable bonds is 1. The molecule has 0 bridgehead atoms. The van der Waals surface area contributed by atoms with E-state index in [2.05, 4.69) is 0 Å². The number of carbonyl (C=O) groups is 1. The highest BCUT2D eigenvalue weighted by atomic mass is 32.2. The van der Waals surface area contributed by atoms with Crippen LogP contribution in [0.4, 0.5) is 11.4 Å². The van der Waals surface area contributed by atoms with Crippen molar-refractivity contribution >= 4 is 29.0 Å². The van der Waals surface area contributed by atoms with Crippen molar-refractivity contribution in [1.82, 2.24) is 0 Å². The summed E-state index contributed by atoms with van der Waals surface area (Å²) in [6, 6.07) is 5.88. The zero-order valence-electron chi connectivity index (χ0n) is 10.4. The quantitative estimate of drug-likeness (QED) is 0.792. The smallest absolute Gasteiger partial charge is 0.230 e. The minimum Gasteiger partial charge on any atom is -0.399 e. The van der Waals surface area contributed by atoms with Crippen LogP contribution >= 0.6 is 11.8 Å². The van der Waals surface area contributed by atoms with E-state index in [-0.39, 0.29) is 5.92 Å². The molecule has 1 heterocycles. The Morgan fingerprint density at radius 3 is 2.89 bits per heavy atom. The van der Waals surface area contributed by atoms with Crippen LogP contribution in [-0.4, -0.2) is 18.2 Å². The van der Waals surface area contributed by atoms with Crippen molar-refractivity contribution in [1.29, 1.82) is 0 Å². The van der Waals surface area contributed by atoms with Gasteiger partial charge in [-0.3, -0.25) is 4.79 Å². The van der Waals surface area contributed by atoms with E-state index in [0.717, 1.165) is 36.5 Å². The van der Waals surface area contributed by atoms with Crippen LogP contribution in [-0.2, 0) is 4.79 Å². The monoisotopic (exact) mass is 262 g/mol. The van der Waals surface area contributed by atoms with Gasteiger partial charge in [0.05, 0.1) is 5.69 Å². The average molecular weight is 262 g/mol. The van der Waals surface area contributed by atoms with Crippen molar-refractivity contribution in [3.05, 3.63) is 18.2 Å². The highest BCUT2D eigenvalue weighted by molar-refractivity contribution is 7.99. The largest absolute Gasteiger partial charge is 0.399 e. The summed E-state index contributed by atoms with van der Waals surface area (Å²) >= 11 is 1.81. The molecule has 1 aliphatic heterocycles. The van der Waals surface area contributed by atoms with Gasteiger partial charge in [-0.05, 0) is 31.0 Å². The lowest BCUT2D eigenvalue weighted by Gasteiger charge is -2.31. The van der Waals surface area contributed by atoms with E-state index in [4.69, 9.17) is 5.73 Å². The van der Waals surface area contributed by atoms with Crippen molar-refractivity contribution in [2.75, 3.05) is 22.9 Å². The predicted octanol–water partition coefficient (Wildman–Crippen LogP) is 2.90. The topological polar surface area (TPSA) is 46.3 Å². The van der Waals surface area contributed by atoms with Crippen LogP contribution in [0.25, 0.3) is 0 Å². The Balaban J connectivity index is 1.90. The molecule has 2 aliphatic rings. The van der Waals surface area contributed by atoms with Crippen molar-refractivity contribution in [3.8, 4) is 0 Å². The Bertz CT molecular complexity index is 469. The number of hydrogen-bond donors (Lipinski definition) is 1. The lowest BCUT2D eigenvalue weighted by Crippen LogP contribution is -2.39. The van der Waals surface area contributed by atoms with Crippen molar-refractivity contribution < 1.29 is 4.79 Å². The minimum absolute atomic E-state index is 0.238. The molecule has 0 radical (unpaired) electrons. The lowest BCUT2D eigenvalue weighted by atomic mass is 10.1. The van der Waals surface area contributed by atoms with Gasteiger partial charge in [0.1, 0.15) is 0 Å². The molecular formula is C14H18N2OS. The molecule has 1 saturated carbocycles. The Morgan fingerprint density at radius 2 is 2.11 bits per heavy atom. The van der Waals surface area contributed by atoms with Gasteiger partial charge in [-0.1, -0.05) is 12.8 Å². The second kappa shape index (κ2) is 4.84. The Hall–Kier alpha value is -1.16. The first kappa shape index (κ1) is 11.9. The fourth-order valence-electron chi connectivity index (χ4n) is 2.86. The molecule has 1 aromatic carbocycles. The molecule has 0 atom stereocenters. The van der Waals surface area contributed by atoms with Crippen LogP contribution in [0, 0.1) is 5.92 Å². The molecule has 18 heavy (non-hydrogen) atoms. The molecule has 1 amide bonds. The Labute approximate surface area is 112 Å². The predicted molar refractivity (Wildman–Crippen MR) is 75.9 cm³/mol. The summed E-state index contributed by atoms with van der Waals surface area (Å²) in [7, 11) is 0. The minimum atomic E-state index is 0.238. The molecule has 0 spiro atoms. The van der Waals surface area contributed by atoms with Crippen LogP contribution in [0.15, 0.2) is 23.1 Å². The molecule has 0 unspecified atom stereocenters. The highest BCUT2D eigenvalue weighted by Gasteiger charge is 2.30. The molecule has 0 aromatic heterocycles. The summed E-state index contributed by atoms with van der Waals surface area (Å²) in [5.74, 6) is 1.53. The van der Waals surface area contributed by atoms with E-state index in [1.54, 1.807) is 0 Å². The van der Waals surface area contributed by atoms with Crippen molar-refractivity contribution in [2.45, 2.75) is 30.6 Å². The first-order chi connectivity index (χ1) is 8.75. The Kier molecular flexibility index (Phi) is 3.20. The average Bonchev–Trinajstić information content (AvgIpc) is 2.91.